The van der Waals surface area contributed by atoms with Crippen LogP contribution >= 0.6 is 0 Å². The zero-order valence-electron chi connectivity index (χ0n) is 12.6. The highest BCUT2D eigenvalue weighted by atomic mass is 16.4. The van der Waals surface area contributed by atoms with E-state index in [1.54, 1.807) is 0 Å². The van der Waals surface area contributed by atoms with Crippen molar-refractivity contribution in [2.75, 3.05) is 6.54 Å². The molecule has 0 heterocycles. The van der Waals surface area contributed by atoms with E-state index in [-0.39, 0.29) is 11.8 Å². The van der Waals surface area contributed by atoms with Gasteiger partial charge in [-0.3, -0.25) is 9.59 Å². The molecule has 5 aliphatic rings. The smallest absolute Gasteiger partial charge is 0.305 e. The Morgan fingerprint density at radius 1 is 1.00 bits per heavy atom. The molecule has 0 aromatic rings. The number of rotatable bonds is 5. The van der Waals surface area contributed by atoms with Crippen molar-refractivity contribution in [3.63, 3.8) is 0 Å². The van der Waals surface area contributed by atoms with Gasteiger partial charge in [-0.2, -0.15) is 0 Å². The molecule has 1 N–H and O–H groups in total. The van der Waals surface area contributed by atoms with E-state index in [1.165, 1.54) is 19.3 Å². The van der Waals surface area contributed by atoms with Crippen molar-refractivity contribution >= 4 is 11.9 Å². The van der Waals surface area contributed by atoms with Gasteiger partial charge in [0, 0.05) is 12.6 Å². The van der Waals surface area contributed by atoms with Crippen LogP contribution in [0.3, 0.4) is 0 Å². The highest BCUT2D eigenvalue weighted by Gasteiger charge is 2.56. The molecular formula is C17H25NO3. The SMILES string of the molecule is O=C(O)CCN(C(=O)C12CC3CC(CC(C3)C1)C2)C1CC1. The molecule has 1 amide bonds. The first-order chi connectivity index (χ1) is 10.1. The monoisotopic (exact) mass is 291 g/mol. The van der Waals surface area contributed by atoms with E-state index in [9.17, 15) is 9.59 Å². The Labute approximate surface area is 125 Å². The van der Waals surface area contributed by atoms with Gasteiger partial charge in [0.15, 0.2) is 0 Å². The molecule has 0 unspecified atom stereocenters. The fourth-order valence-electron chi connectivity index (χ4n) is 5.73. The van der Waals surface area contributed by atoms with Crippen molar-refractivity contribution in [1.29, 1.82) is 0 Å². The van der Waals surface area contributed by atoms with Crippen LogP contribution in [0.15, 0.2) is 0 Å². The minimum Gasteiger partial charge on any atom is -0.481 e. The molecule has 4 bridgehead atoms. The quantitative estimate of drug-likeness (QED) is 0.847. The van der Waals surface area contributed by atoms with Gasteiger partial charge < -0.3 is 10.0 Å². The molecule has 0 saturated heterocycles. The van der Waals surface area contributed by atoms with E-state index < -0.39 is 5.97 Å². The van der Waals surface area contributed by atoms with Crippen molar-refractivity contribution in [3.8, 4) is 0 Å². The zero-order chi connectivity index (χ0) is 14.6. The maximum absolute atomic E-state index is 13.2. The topological polar surface area (TPSA) is 57.6 Å². The third kappa shape index (κ3) is 2.36. The molecule has 0 aromatic heterocycles. The van der Waals surface area contributed by atoms with Gasteiger partial charge in [0.1, 0.15) is 0 Å². The van der Waals surface area contributed by atoms with Crippen LogP contribution in [0.5, 0.6) is 0 Å². The van der Waals surface area contributed by atoms with Crippen molar-refractivity contribution in [1.82, 2.24) is 4.90 Å². The number of carbonyl (C=O) groups excluding carboxylic acids is 1. The van der Waals surface area contributed by atoms with Crippen molar-refractivity contribution in [2.24, 2.45) is 23.2 Å². The van der Waals surface area contributed by atoms with E-state index in [4.69, 9.17) is 5.11 Å². The second-order valence-corrected chi connectivity index (χ2v) is 8.07. The highest BCUT2D eigenvalue weighted by molar-refractivity contribution is 5.84. The molecule has 0 radical (unpaired) electrons. The first kappa shape index (κ1) is 13.6. The van der Waals surface area contributed by atoms with Gasteiger partial charge in [-0.15, -0.1) is 0 Å². The van der Waals surface area contributed by atoms with Crippen molar-refractivity contribution < 1.29 is 14.7 Å². The zero-order valence-corrected chi connectivity index (χ0v) is 12.6. The Balaban J connectivity index is 1.53. The van der Waals surface area contributed by atoms with Crippen LogP contribution in [0.1, 0.15) is 57.8 Å². The van der Waals surface area contributed by atoms with Crippen LogP contribution < -0.4 is 0 Å². The Morgan fingerprint density at radius 2 is 1.52 bits per heavy atom. The van der Waals surface area contributed by atoms with Crippen LogP contribution in [-0.4, -0.2) is 34.5 Å². The molecule has 0 aromatic carbocycles. The van der Waals surface area contributed by atoms with E-state index >= 15 is 0 Å². The number of carboxylic acid groups (broad SMARTS) is 1. The average Bonchev–Trinajstić information content (AvgIpc) is 3.21. The fourth-order valence-corrected chi connectivity index (χ4v) is 5.73. The minimum absolute atomic E-state index is 0.0919. The van der Waals surface area contributed by atoms with Gasteiger partial charge in [0.2, 0.25) is 5.91 Å². The van der Waals surface area contributed by atoms with Crippen molar-refractivity contribution in [2.45, 2.75) is 63.8 Å². The number of nitrogens with zero attached hydrogens (tertiary/aromatic N) is 1. The lowest BCUT2D eigenvalue weighted by molar-refractivity contribution is -0.158. The van der Waals surface area contributed by atoms with Crippen molar-refractivity contribution in [3.05, 3.63) is 0 Å². The van der Waals surface area contributed by atoms with Crippen LogP contribution in [0.2, 0.25) is 0 Å². The molecule has 4 nitrogen and oxygen atoms in total. The molecule has 0 spiro atoms. The predicted molar refractivity (Wildman–Crippen MR) is 77.6 cm³/mol. The van der Waals surface area contributed by atoms with Gasteiger partial charge in [-0.25, -0.2) is 0 Å². The highest BCUT2D eigenvalue weighted by Crippen LogP contribution is 2.60. The van der Waals surface area contributed by atoms with Gasteiger partial charge in [0.25, 0.3) is 0 Å². The van der Waals surface area contributed by atoms with Crippen LogP contribution in [-0.2, 0) is 9.59 Å². The summed E-state index contributed by atoms with van der Waals surface area (Å²) in [5.74, 6) is 1.81. The minimum atomic E-state index is -0.793. The summed E-state index contributed by atoms with van der Waals surface area (Å²) in [7, 11) is 0. The first-order valence-electron chi connectivity index (χ1n) is 8.58. The summed E-state index contributed by atoms with van der Waals surface area (Å²) in [4.78, 5) is 26.0. The number of hydrogen-bond acceptors (Lipinski definition) is 2. The third-order valence-corrected chi connectivity index (χ3v) is 6.31. The molecule has 5 rings (SSSR count). The molecule has 4 heteroatoms. The summed E-state index contributed by atoms with van der Waals surface area (Å²) < 4.78 is 0. The summed E-state index contributed by atoms with van der Waals surface area (Å²) >= 11 is 0. The second kappa shape index (κ2) is 4.72. The van der Waals surface area contributed by atoms with Gasteiger partial charge >= 0.3 is 5.97 Å². The normalized spacial score (nSPS) is 40.3. The summed E-state index contributed by atoms with van der Waals surface area (Å²) in [5.41, 5.74) is -0.115. The maximum Gasteiger partial charge on any atom is 0.305 e. The Hall–Kier alpha value is -1.06. The summed E-state index contributed by atoms with van der Waals surface area (Å²) in [6.45, 7) is 0.417. The lowest BCUT2D eigenvalue weighted by Gasteiger charge is -2.56. The van der Waals surface area contributed by atoms with Gasteiger partial charge in [0.05, 0.1) is 11.8 Å². The van der Waals surface area contributed by atoms with E-state index in [0.717, 1.165) is 49.9 Å². The number of hydrogen-bond donors (Lipinski definition) is 1. The predicted octanol–water partition coefficient (Wildman–Crippen LogP) is 2.67. The average molecular weight is 291 g/mol. The molecule has 5 fully saturated rings. The summed E-state index contributed by atoms with van der Waals surface area (Å²) in [5, 5.41) is 8.94. The number of carbonyl (C=O) groups is 2. The summed E-state index contributed by atoms with van der Waals surface area (Å²) in [6, 6.07) is 0.338. The molecule has 116 valence electrons. The second-order valence-electron chi connectivity index (χ2n) is 8.07. The van der Waals surface area contributed by atoms with Crippen LogP contribution in [0.25, 0.3) is 0 Å². The van der Waals surface area contributed by atoms with Crippen LogP contribution in [0.4, 0.5) is 0 Å². The largest absolute Gasteiger partial charge is 0.481 e. The van der Waals surface area contributed by atoms with Gasteiger partial charge in [-0.1, -0.05) is 0 Å². The lowest BCUT2D eigenvalue weighted by Crippen LogP contribution is -2.55. The molecule has 5 saturated carbocycles. The Bertz CT molecular complexity index is 433. The maximum atomic E-state index is 13.2. The first-order valence-corrected chi connectivity index (χ1v) is 8.58. The molecule has 0 atom stereocenters. The Kier molecular flexibility index (Phi) is 3.05. The Morgan fingerprint density at radius 3 is 1.95 bits per heavy atom. The molecule has 5 aliphatic carbocycles. The van der Waals surface area contributed by atoms with E-state index in [0.29, 0.717) is 18.5 Å². The molecule has 0 aliphatic heterocycles. The number of carboxylic acids is 1. The number of amides is 1. The third-order valence-electron chi connectivity index (χ3n) is 6.31. The molecule has 21 heavy (non-hydrogen) atoms. The lowest BCUT2D eigenvalue weighted by atomic mass is 9.49. The fraction of sp³-hybridized carbons (Fsp3) is 0.882. The molecular weight excluding hydrogens is 266 g/mol. The van der Waals surface area contributed by atoms with Crippen LogP contribution in [0, 0.1) is 23.2 Å². The number of aliphatic carboxylic acids is 1. The van der Waals surface area contributed by atoms with E-state index in [1.807, 2.05) is 4.90 Å². The van der Waals surface area contributed by atoms with Gasteiger partial charge in [-0.05, 0) is 69.1 Å². The standard InChI is InChI=1S/C17H25NO3/c19-15(20)3-4-18(14-1-2-14)16(21)17-8-11-5-12(9-17)7-13(6-11)10-17/h11-14H,1-10H2,(H,19,20). The van der Waals surface area contributed by atoms with E-state index in [2.05, 4.69) is 0 Å². The summed E-state index contributed by atoms with van der Waals surface area (Å²) in [6.07, 6.45) is 9.47.